The number of aliphatic hydroxyl groups is 1. The van der Waals surface area contributed by atoms with Gasteiger partial charge in [-0.2, -0.15) is 0 Å². The van der Waals surface area contributed by atoms with Crippen LogP contribution in [0.15, 0.2) is 18.2 Å². The molecule has 0 saturated heterocycles. The molecule has 0 aliphatic rings. The van der Waals surface area contributed by atoms with Gasteiger partial charge in [0, 0.05) is 22.2 Å². The molecule has 66 valence electrons. The molecule has 0 spiro atoms. The topological polar surface area (TPSA) is 46.2 Å². The van der Waals surface area contributed by atoms with Gasteiger partial charge in [0.25, 0.3) is 0 Å². The second-order valence-electron chi connectivity index (χ2n) is 2.42. The van der Waals surface area contributed by atoms with Crippen molar-refractivity contribution >= 4 is 23.2 Å². The standard InChI is InChI=1S/C8H9Cl2NO/c9-5-1-2-6(7(10)3-5)8(12)4-11/h1-3,8,12H,4,11H2. The molecule has 12 heavy (non-hydrogen) atoms. The van der Waals surface area contributed by atoms with Gasteiger partial charge in [0.2, 0.25) is 0 Å². The Kier molecular flexibility index (Phi) is 3.35. The van der Waals surface area contributed by atoms with Crippen LogP contribution in [0.3, 0.4) is 0 Å². The van der Waals surface area contributed by atoms with Crippen LogP contribution in [0.2, 0.25) is 10.0 Å². The molecule has 4 heteroatoms. The lowest BCUT2D eigenvalue weighted by molar-refractivity contribution is 0.187. The largest absolute Gasteiger partial charge is 0.387 e. The first-order valence-corrected chi connectivity index (χ1v) is 4.24. The SMILES string of the molecule is NCC(O)c1ccc(Cl)cc1Cl. The van der Waals surface area contributed by atoms with E-state index in [4.69, 9.17) is 28.9 Å². The lowest BCUT2D eigenvalue weighted by atomic mass is 10.1. The Labute approximate surface area is 80.9 Å². The Morgan fingerprint density at radius 1 is 1.42 bits per heavy atom. The highest BCUT2D eigenvalue weighted by molar-refractivity contribution is 6.35. The first kappa shape index (κ1) is 9.81. The van der Waals surface area contributed by atoms with Crippen LogP contribution in [0.1, 0.15) is 11.7 Å². The normalized spacial score (nSPS) is 13.0. The number of hydrogen-bond acceptors (Lipinski definition) is 2. The Bertz CT molecular complexity index is 278. The van der Waals surface area contributed by atoms with Crippen LogP contribution in [-0.4, -0.2) is 11.7 Å². The second kappa shape index (κ2) is 4.10. The van der Waals surface area contributed by atoms with E-state index >= 15 is 0 Å². The summed E-state index contributed by atoms with van der Waals surface area (Å²) < 4.78 is 0. The van der Waals surface area contributed by atoms with E-state index in [1.807, 2.05) is 0 Å². The van der Waals surface area contributed by atoms with Crippen molar-refractivity contribution in [1.29, 1.82) is 0 Å². The predicted molar refractivity (Wildman–Crippen MR) is 50.5 cm³/mol. The fourth-order valence-corrected chi connectivity index (χ4v) is 1.43. The lowest BCUT2D eigenvalue weighted by Gasteiger charge is -2.09. The summed E-state index contributed by atoms with van der Waals surface area (Å²) in [5, 5.41) is 10.3. The van der Waals surface area contributed by atoms with E-state index in [-0.39, 0.29) is 6.54 Å². The molecule has 0 aromatic heterocycles. The number of hydrogen-bond donors (Lipinski definition) is 2. The fraction of sp³-hybridized carbons (Fsp3) is 0.250. The number of benzene rings is 1. The van der Waals surface area contributed by atoms with E-state index in [9.17, 15) is 5.11 Å². The summed E-state index contributed by atoms with van der Waals surface area (Å²) in [6.07, 6.45) is -0.713. The fourth-order valence-electron chi connectivity index (χ4n) is 0.899. The molecule has 0 radical (unpaired) electrons. The van der Waals surface area contributed by atoms with Gasteiger partial charge in [-0.25, -0.2) is 0 Å². The third kappa shape index (κ3) is 2.11. The van der Waals surface area contributed by atoms with Gasteiger partial charge in [0.05, 0.1) is 6.10 Å². The van der Waals surface area contributed by atoms with Gasteiger partial charge in [-0.1, -0.05) is 29.3 Å². The summed E-state index contributed by atoms with van der Waals surface area (Å²) in [5.74, 6) is 0. The number of halogens is 2. The van der Waals surface area contributed by atoms with Gasteiger partial charge in [0.15, 0.2) is 0 Å². The van der Waals surface area contributed by atoms with Gasteiger partial charge in [-0.05, 0) is 12.1 Å². The number of nitrogens with two attached hydrogens (primary N) is 1. The molecule has 0 saturated carbocycles. The predicted octanol–water partition coefficient (Wildman–Crippen LogP) is 1.99. The minimum Gasteiger partial charge on any atom is -0.387 e. The molecule has 1 aromatic carbocycles. The average Bonchev–Trinajstić information content (AvgIpc) is 2.03. The number of aliphatic hydroxyl groups excluding tert-OH is 1. The molecule has 1 atom stereocenters. The molecule has 1 aromatic rings. The summed E-state index contributed by atoms with van der Waals surface area (Å²) in [6.45, 7) is 0.154. The highest BCUT2D eigenvalue weighted by Crippen LogP contribution is 2.25. The van der Waals surface area contributed by atoms with E-state index in [0.717, 1.165) is 0 Å². The highest BCUT2D eigenvalue weighted by Gasteiger charge is 2.09. The van der Waals surface area contributed by atoms with Gasteiger partial charge < -0.3 is 10.8 Å². The van der Waals surface area contributed by atoms with Gasteiger partial charge in [-0.15, -0.1) is 0 Å². The first-order chi connectivity index (χ1) is 5.65. The zero-order chi connectivity index (χ0) is 9.14. The van der Waals surface area contributed by atoms with Crippen molar-refractivity contribution in [2.24, 2.45) is 5.73 Å². The minimum atomic E-state index is -0.713. The average molecular weight is 206 g/mol. The smallest absolute Gasteiger partial charge is 0.0926 e. The van der Waals surface area contributed by atoms with Crippen molar-refractivity contribution in [2.75, 3.05) is 6.54 Å². The maximum atomic E-state index is 9.35. The van der Waals surface area contributed by atoms with Gasteiger partial charge >= 0.3 is 0 Å². The number of rotatable bonds is 2. The highest BCUT2D eigenvalue weighted by atomic mass is 35.5. The maximum Gasteiger partial charge on any atom is 0.0926 e. The molecule has 1 rings (SSSR count). The maximum absolute atomic E-state index is 9.35. The van der Waals surface area contributed by atoms with Crippen molar-refractivity contribution in [3.8, 4) is 0 Å². The van der Waals surface area contributed by atoms with Crippen molar-refractivity contribution < 1.29 is 5.11 Å². The van der Waals surface area contributed by atoms with Crippen molar-refractivity contribution in [3.63, 3.8) is 0 Å². The van der Waals surface area contributed by atoms with Gasteiger partial charge in [0.1, 0.15) is 0 Å². The summed E-state index contributed by atoms with van der Waals surface area (Å²) >= 11 is 11.5. The van der Waals surface area contributed by atoms with Crippen molar-refractivity contribution in [3.05, 3.63) is 33.8 Å². The minimum absolute atomic E-state index is 0.154. The molecule has 0 amide bonds. The molecule has 0 bridgehead atoms. The van der Waals surface area contributed by atoms with Crippen LogP contribution < -0.4 is 5.73 Å². The quantitative estimate of drug-likeness (QED) is 0.777. The summed E-state index contributed by atoms with van der Waals surface area (Å²) in [7, 11) is 0. The van der Waals surface area contributed by atoms with Crippen molar-refractivity contribution in [2.45, 2.75) is 6.10 Å². The Balaban J connectivity index is 3.01. The molecule has 0 heterocycles. The van der Waals surface area contributed by atoms with Gasteiger partial charge in [-0.3, -0.25) is 0 Å². The first-order valence-electron chi connectivity index (χ1n) is 3.48. The Morgan fingerprint density at radius 3 is 2.58 bits per heavy atom. The van der Waals surface area contributed by atoms with Crippen molar-refractivity contribution in [1.82, 2.24) is 0 Å². The Morgan fingerprint density at radius 2 is 2.08 bits per heavy atom. The van der Waals surface area contributed by atoms with E-state index in [1.54, 1.807) is 18.2 Å². The molecule has 0 aliphatic heterocycles. The Hall–Kier alpha value is -0.280. The summed E-state index contributed by atoms with van der Waals surface area (Å²) in [5.41, 5.74) is 5.88. The second-order valence-corrected chi connectivity index (χ2v) is 3.26. The monoisotopic (exact) mass is 205 g/mol. The third-order valence-electron chi connectivity index (χ3n) is 1.54. The molecule has 2 nitrogen and oxygen atoms in total. The van der Waals surface area contributed by atoms with Crippen LogP contribution >= 0.6 is 23.2 Å². The lowest BCUT2D eigenvalue weighted by Crippen LogP contribution is -2.11. The van der Waals surface area contributed by atoms with E-state index in [0.29, 0.717) is 15.6 Å². The zero-order valence-corrected chi connectivity index (χ0v) is 7.81. The summed E-state index contributed by atoms with van der Waals surface area (Å²) in [6, 6.07) is 4.92. The van der Waals surface area contributed by atoms with Crippen LogP contribution in [0.5, 0.6) is 0 Å². The molecular formula is C8H9Cl2NO. The zero-order valence-electron chi connectivity index (χ0n) is 6.30. The van der Waals surface area contributed by atoms with Crippen LogP contribution in [0, 0.1) is 0 Å². The molecule has 3 N–H and O–H groups in total. The summed E-state index contributed by atoms with van der Waals surface area (Å²) in [4.78, 5) is 0. The van der Waals surface area contributed by atoms with E-state index < -0.39 is 6.10 Å². The molecule has 1 unspecified atom stereocenters. The van der Waals surface area contributed by atoms with Crippen LogP contribution in [0.4, 0.5) is 0 Å². The van der Waals surface area contributed by atoms with E-state index in [2.05, 4.69) is 0 Å². The third-order valence-corrected chi connectivity index (χ3v) is 2.11. The van der Waals surface area contributed by atoms with Crippen LogP contribution in [-0.2, 0) is 0 Å². The molecular weight excluding hydrogens is 197 g/mol. The molecule has 0 aliphatic carbocycles. The van der Waals surface area contributed by atoms with E-state index in [1.165, 1.54) is 0 Å². The van der Waals surface area contributed by atoms with Crippen LogP contribution in [0.25, 0.3) is 0 Å². The molecule has 0 fully saturated rings.